The number of carbonyl (C=O) groups is 4. The third-order valence-electron chi connectivity index (χ3n) is 11.4. The number of amides is 4. The molecule has 306 valence electrons. The monoisotopic (exact) mass is 797 g/mol. The molecule has 0 bridgehead atoms. The van der Waals surface area contributed by atoms with Crippen LogP contribution in [0.3, 0.4) is 0 Å². The molecule has 3 N–H and O–H groups in total. The summed E-state index contributed by atoms with van der Waals surface area (Å²) in [5.41, 5.74) is -2.37. The standard InChI is InChI=1S/C40H55N5O10S/c1-23-11-9-10-12-26-21-40(26,36(48)44-56(50,51)39(6)14-15-39)43-33(46)29-19-27(54-34-28-20-31(53-8)30(52-7)18-25(28)13-16-41-34)22-45(29)35(47)32(24(2)17-23)42-37(49)55-38(3,4)5/h10,12-13,16,18,20,23-24,26-27,29,32H,9,11,14-15,17,19,21-22H2,1-8H3,(H,42,49)(H,43,46)(H,44,48)/b12-10-/t23-,24-,26-,27-,29+,32+,40-/m1/s1. The van der Waals surface area contributed by atoms with Crippen molar-refractivity contribution in [3.8, 4) is 17.4 Å². The Bertz CT molecular complexity index is 2010. The summed E-state index contributed by atoms with van der Waals surface area (Å²) in [7, 11) is -0.951. The number of sulfonamides is 1. The first kappa shape index (κ1) is 41.0. The summed E-state index contributed by atoms with van der Waals surface area (Å²) in [5, 5.41) is 7.08. The van der Waals surface area contributed by atoms with Crippen molar-refractivity contribution in [3.63, 3.8) is 0 Å². The van der Waals surface area contributed by atoms with Gasteiger partial charge in [-0.2, -0.15) is 0 Å². The van der Waals surface area contributed by atoms with Gasteiger partial charge in [0, 0.05) is 23.9 Å². The van der Waals surface area contributed by atoms with Gasteiger partial charge in [0.25, 0.3) is 5.91 Å². The molecule has 2 aromatic rings. The minimum atomic E-state index is -4.01. The van der Waals surface area contributed by atoms with Crippen molar-refractivity contribution in [1.82, 2.24) is 25.2 Å². The fraction of sp³-hybridized carbons (Fsp3) is 0.625. The lowest BCUT2D eigenvalue weighted by Crippen LogP contribution is -2.59. The third-order valence-corrected chi connectivity index (χ3v) is 13.6. The molecule has 2 aliphatic heterocycles. The highest BCUT2D eigenvalue weighted by atomic mass is 32.2. The minimum absolute atomic E-state index is 0.0153. The van der Waals surface area contributed by atoms with E-state index in [9.17, 15) is 27.6 Å². The first-order chi connectivity index (χ1) is 26.3. The number of alkyl carbamates (subject to hydrolysis) is 1. The van der Waals surface area contributed by atoms with Crippen molar-refractivity contribution >= 4 is 44.6 Å². The number of methoxy groups -OCH3 is 2. The number of ether oxygens (including phenoxy) is 4. The molecule has 16 heteroatoms. The van der Waals surface area contributed by atoms with Gasteiger partial charge in [-0.15, -0.1) is 0 Å². The first-order valence-corrected chi connectivity index (χ1v) is 20.8. The van der Waals surface area contributed by atoms with Gasteiger partial charge in [-0.3, -0.25) is 19.1 Å². The summed E-state index contributed by atoms with van der Waals surface area (Å²) in [6, 6.07) is 3.12. The summed E-state index contributed by atoms with van der Waals surface area (Å²) in [5.74, 6) is -1.41. The number of hydrogen-bond acceptors (Lipinski definition) is 11. The Morgan fingerprint density at radius 3 is 2.41 bits per heavy atom. The van der Waals surface area contributed by atoms with E-state index >= 15 is 0 Å². The Kier molecular flexibility index (Phi) is 11.3. The number of benzene rings is 1. The number of fused-ring (bicyclic) bond motifs is 3. The van der Waals surface area contributed by atoms with Crippen LogP contribution in [0.4, 0.5) is 4.79 Å². The predicted molar refractivity (Wildman–Crippen MR) is 208 cm³/mol. The molecule has 0 radical (unpaired) electrons. The summed E-state index contributed by atoms with van der Waals surface area (Å²) in [4.78, 5) is 62.4. The van der Waals surface area contributed by atoms with Crippen molar-refractivity contribution < 1.29 is 46.5 Å². The van der Waals surface area contributed by atoms with Crippen LogP contribution >= 0.6 is 0 Å². The molecule has 4 amide bonds. The molecule has 1 aromatic heterocycles. The Morgan fingerprint density at radius 2 is 1.75 bits per heavy atom. The number of hydrogen-bond donors (Lipinski definition) is 3. The molecular weight excluding hydrogens is 743 g/mol. The van der Waals surface area contributed by atoms with Crippen LogP contribution < -0.4 is 29.6 Å². The topological polar surface area (TPSA) is 192 Å². The number of carbonyl (C=O) groups excluding carboxylic acids is 4. The molecule has 2 saturated carbocycles. The molecule has 1 saturated heterocycles. The third kappa shape index (κ3) is 8.54. The van der Waals surface area contributed by atoms with Crippen LogP contribution in [0.15, 0.2) is 36.5 Å². The molecule has 7 atom stereocenters. The van der Waals surface area contributed by atoms with Gasteiger partial charge in [0.2, 0.25) is 27.7 Å². The molecule has 56 heavy (non-hydrogen) atoms. The highest BCUT2D eigenvalue weighted by molar-refractivity contribution is 7.91. The molecule has 1 aromatic carbocycles. The number of pyridine rings is 1. The van der Waals surface area contributed by atoms with Gasteiger partial charge >= 0.3 is 6.09 Å². The van der Waals surface area contributed by atoms with Crippen LogP contribution in [0.1, 0.15) is 86.5 Å². The van der Waals surface area contributed by atoms with Gasteiger partial charge in [-0.25, -0.2) is 18.2 Å². The van der Waals surface area contributed by atoms with E-state index < -0.39 is 73.8 Å². The Hall–Kier alpha value is -4.60. The van der Waals surface area contributed by atoms with Crippen LogP contribution in [0.2, 0.25) is 0 Å². The Morgan fingerprint density at radius 1 is 1.05 bits per heavy atom. The SMILES string of the molecule is COc1cc2ccnc(O[C@@H]3C[C@H]4C(=O)N[C@]5(C(=O)NS(=O)(=O)C6(C)CC6)C[C@H]5/C=C\CC[C@@H](C)C[C@@H](C)[C@H](NC(=O)OC(C)(C)C)C(=O)N4C3)c2cc1OC. The zero-order chi connectivity index (χ0) is 40.8. The average Bonchev–Trinajstić information content (AvgIpc) is 4.00. The number of nitrogens with one attached hydrogen (secondary N) is 3. The van der Waals surface area contributed by atoms with Crippen molar-refractivity contribution in [2.75, 3.05) is 20.8 Å². The van der Waals surface area contributed by atoms with Crippen molar-refractivity contribution in [2.24, 2.45) is 17.8 Å². The van der Waals surface area contributed by atoms with Crippen LogP contribution in [-0.4, -0.2) is 97.0 Å². The van der Waals surface area contributed by atoms with Crippen LogP contribution in [0.5, 0.6) is 17.4 Å². The van der Waals surface area contributed by atoms with Crippen LogP contribution in [-0.2, 0) is 29.1 Å². The number of aromatic nitrogens is 1. The van der Waals surface area contributed by atoms with Gasteiger partial charge in [-0.1, -0.05) is 26.0 Å². The smallest absolute Gasteiger partial charge is 0.408 e. The molecular formula is C40H55N5O10S. The lowest BCUT2D eigenvalue weighted by atomic mass is 9.88. The second-order valence-corrected chi connectivity index (χ2v) is 19.3. The largest absolute Gasteiger partial charge is 0.493 e. The molecule has 0 spiro atoms. The van der Waals surface area contributed by atoms with Crippen LogP contribution in [0.25, 0.3) is 10.8 Å². The zero-order valence-corrected chi connectivity index (χ0v) is 34.3. The van der Waals surface area contributed by atoms with Crippen molar-refractivity contribution in [2.45, 2.75) is 121 Å². The number of rotatable bonds is 8. The van der Waals surface area contributed by atoms with E-state index in [1.165, 1.54) is 19.1 Å². The lowest BCUT2D eigenvalue weighted by Gasteiger charge is -2.33. The summed E-state index contributed by atoms with van der Waals surface area (Å²) in [6.45, 7) is 10.7. The van der Waals surface area contributed by atoms with E-state index in [0.29, 0.717) is 42.6 Å². The van der Waals surface area contributed by atoms with Crippen molar-refractivity contribution in [3.05, 3.63) is 36.5 Å². The highest BCUT2D eigenvalue weighted by Gasteiger charge is 2.63. The second-order valence-electron chi connectivity index (χ2n) is 17.1. The molecule has 4 aliphatic rings. The van der Waals surface area contributed by atoms with Crippen molar-refractivity contribution in [1.29, 1.82) is 0 Å². The maximum absolute atomic E-state index is 14.8. The Balaban J connectivity index is 1.36. The average molecular weight is 798 g/mol. The lowest BCUT2D eigenvalue weighted by molar-refractivity contribution is -0.142. The molecule has 3 fully saturated rings. The van der Waals surface area contributed by atoms with Gasteiger partial charge in [0.05, 0.1) is 25.5 Å². The first-order valence-electron chi connectivity index (χ1n) is 19.3. The number of nitrogens with zero attached hydrogens (tertiary/aromatic N) is 2. The molecule has 2 aliphatic carbocycles. The highest BCUT2D eigenvalue weighted by Crippen LogP contribution is 2.48. The van der Waals surface area contributed by atoms with Gasteiger partial charge < -0.3 is 34.5 Å². The van der Waals surface area contributed by atoms with E-state index in [1.54, 1.807) is 52.1 Å². The molecule has 3 heterocycles. The second kappa shape index (κ2) is 15.4. The van der Waals surface area contributed by atoms with E-state index in [4.69, 9.17) is 18.9 Å². The molecule has 6 rings (SSSR count). The number of allylic oxidation sites excluding steroid dienone is 1. The van der Waals surface area contributed by atoms with E-state index in [-0.39, 0.29) is 37.1 Å². The maximum atomic E-state index is 14.8. The van der Waals surface area contributed by atoms with E-state index in [1.807, 2.05) is 19.1 Å². The summed E-state index contributed by atoms with van der Waals surface area (Å²) in [6.07, 6.45) is 6.97. The summed E-state index contributed by atoms with van der Waals surface area (Å²) >= 11 is 0. The molecule has 15 nitrogen and oxygen atoms in total. The minimum Gasteiger partial charge on any atom is -0.493 e. The van der Waals surface area contributed by atoms with E-state index in [0.717, 1.165) is 11.8 Å². The van der Waals surface area contributed by atoms with Gasteiger partial charge in [0.15, 0.2) is 11.5 Å². The fourth-order valence-electron chi connectivity index (χ4n) is 7.76. The predicted octanol–water partition coefficient (Wildman–Crippen LogP) is 4.38. The quantitative estimate of drug-likeness (QED) is 0.322. The summed E-state index contributed by atoms with van der Waals surface area (Å²) < 4.78 is 50.7. The van der Waals surface area contributed by atoms with Crippen LogP contribution in [0, 0.1) is 17.8 Å². The fourth-order valence-corrected chi connectivity index (χ4v) is 9.07. The normalized spacial score (nSPS) is 29.7. The molecule has 0 unspecified atom stereocenters. The van der Waals surface area contributed by atoms with E-state index in [2.05, 4.69) is 27.3 Å². The maximum Gasteiger partial charge on any atom is 0.408 e. The van der Waals surface area contributed by atoms with Gasteiger partial charge in [0.1, 0.15) is 29.3 Å². The van der Waals surface area contributed by atoms with Gasteiger partial charge in [-0.05, 0) is 102 Å². The zero-order valence-electron chi connectivity index (χ0n) is 33.5. The Labute approximate surface area is 328 Å².